The van der Waals surface area contributed by atoms with E-state index in [0.29, 0.717) is 12.8 Å². The molecule has 0 aromatic rings. The van der Waals surface area contributed by atoms with Crippen LogP contribution in [-0.4, -0.2) is 47.6 Å². The van der Waals surface area contributed by atoms with Crippen LogP contribution in [0.2, 0.25) is 0 Å². The number of allylic oxidation sites excluding steroid dienone is 1. The maximum absolute atomic E-state index is 12.1. The summed E-state index contributed by atoms with van der Waals surface area (Å²) >= 11 is 0. The Morgan fingerprint density at radius 2 is 2.16 bits per heavy atom. The first-order valence-electron chi connectivity index (χ1n) is 8.22. The van der Waals surface area contributed by atoms with E-state index in [1.807, 2.05) is 13.0 Å². The number of carbonyl (C=O) groups excluding carboxylic acids is 2. The number of fused-ring (bicyclic) bond motifs is 1. The largest absolute Gasteiger partial charge is 0.458 e. The van der Waals surface area contributed by atoms with Crippen LogP contribution in [0.5, 0.6) is 0 Å². The van der Waals surface area contributed by atoms with Crippen molar-refractivity contribution in [1.82, 2.24) is 0 Å². The Balaban J connectivity index is 2.38. The van der Waals surface area contributed by atoms with Gasteiger partial charge in [0.1, 0.15) is 12.2 Å². The first-order valence-corrected chi connectivity index (χ1v) is 8.22. The zero-order valence-corrected chi connectivity index (χ0v) is 14.4. The van der Waals surface area contributed by atoms with Crippen LogP contribution in [0.1, 0.15) is 26.2 Å². The zero-order valence-electron chi connectivity index (χ0n) is 14.4. The molecular formula is C19H24O6. The molecule has 2 rings (SSSR count). The molecule has 0 unspecified atom stereocenters. The molecule has 1 fully saturated rings. The highest BCUT2D eigenvalue weighted by molar-refractivity contribution is 5.92. The first-order chi connectivity index (χ1) is 11.9. The van der Waals surface area contributed by atoms with Gasteiger partial charge in [-0.3, -0.25) is 0 Å². The third-order valence-electron chi connectivity index (χ3n) is 4.48. The van der Waals surface area contributed by atoms with Crippen LogP contribution in [0.4, 0.5) is 0 Å². The third-order valence-corrected chi connectivity index (χ3v) is 4.48. The van der Waals surface area contributed by atoms with Crippen molar-refractivity contribution in [3.8, 4) is 0 Å². The summed E-state index contributed by atoms with van der Waals surface area (Å²) in [6.45, 7) is 8.55. The van der Waals surface area contributed by atoms with Crippen molar-refractivity contribution in [2.45, 2.75) is 38.4 Å². The Labute approximate surface area is 147 Å². The summed E-state index contributed by atoms with van der Waals surface area (Å²) in [5.41, 5.74) is 1.93. The number of aliphatic hydroxyl groups excluding tert-OH is 2. The fourth-order valence-corrected chi connectivity index (χ4v) is 3.06. The van der Waals surface area contributed by atoms with Gasteiger partial charge in [-0.2, -0.15) is 0 Å². The van der Waals surface area contributed by atoms with Crippen molar-refractivity contribution in [1.29, 1.82) is 0 Å². The van der Waals surface area contributed by atoms with Crippen LogP contribution < -0.4 is 0 Å². The number of rotatable bonds is 4. The number of hydrogen-bond donors (Lipinski definition) is 2. The lowest BCUT2D eigenvalue weighted by atomic mass is 9.85. The molecule has 1 heterocycles. The van der Waals surface area contributed by atoms with Gasteiger partial charge in [0, 0.05) is 12.0 Å². The molecule has 1 aliphatic heterocycles. The zero-order chi connectivity index (χ0) is 18.6. The summed E-state index contributed by atoms with van der Waals surface area (Å²) in [5.74, 6) is -1.80. The Kier molecular flexibility index (Phi) is 6.33. The molecule has 0 aromatic heterocycles. The summed E-state index contributed by atoms with van der Waals surface area (Å²) in [5, 5.41) is 18.6. The topological polar surface area (TPSA) is 93.1 Å². The second-order valence-electron chi connectivity index (χ2n) is 6.40. The molecule has 0 spiro atoms. The van der Waals surface area contributed by atoms with Gasteiger partial charge in [0.2, 0.25) is 0 Å². The Bertz CT molecular complexity index is 642. The van der Waals surface area contributed by atoms with Gasteiger partial charge in [-0.05, 0) is 31.4 Å². The highest BCUT2D eigenvalue weighted by Crippen LogP contribution is 2.36. The lowest BCUT2D eigenvalue weighted by Gasteiger charge is -2.27. The maximum Gasteiger partial charge on any atom is 0.336 e. The molecule has 0 radical (unpaired) electrons. The van der Waals surface area contributed by atoms with E-state index in [1.54, 1.807) is 6.08 Å². The van der Waals surface area contributed by atoms with Gasteiger partial charge < -0.3 is 19.7 Å². The minimum Gasteiger partial charge on any atom is -0.458 e. The van der Waals surface area contributed by atoms with Crippen molar-refractivity contribution in [2.24, 2.45) is 5.92 Å². The second kappa shape index (κ2) is 8.27. The number of carbonyl (C=O) groups is 2. The van der Waals surface area contributed by atoms with Crippen LogP contribution >= 0.6 is 0 Å². The Hall–Kier alpha value is -2.18. The number of aliphatic hydroxyl groups is 2. The van der Waals surface area contributed by atoms with E-state index >= 15 is 0 Å². The normalized spacial score (nSPS) is 31.1. The summed E-state index contributed by atoms with van der Waals surface area (Å²) < 4.78 is 10.9. The molecule has 0 bridgehead atoms. The standard InChI is InChI=1S/C19H24O6/c1-11-5-4-6-14(10-21)8-16-17(13(3)19(23)25-16)15(7-11)24-18(22)12(2)9-20/h5,8,15-17,20-21H,2-4,6-7,9-10H2,1H3/b11-5-,14-8+/t15-,16+,17+/m0/s1. The molecule has 6 nitrogen and oxygen atoms in total. The van der Waals surface area contributed by atoms with Crippen molar-refractivity contribution in [2.75, 3.05) is 13.2 Å². The average Bonchev–Trinajstić information content (AvgIpc) is 2.86. The average molecular weight is 348 g/mol. The Morgan fingerprint density at radius 3 is 2.80 bits per heavy atom. The molecule has 0 aromatic carbocycles. The van der Waals surface area contributed by atoms with Gasteiger partial charge in [0.15, 0.2) is 0 Å². The van der Waals surface area contributed by atoms with E-state index in [2.05, 4.69) is 13.2 Å². The summed E-state index contributed by atoms with van der Waals surface area (Å²) in [6, 6.07) is 0. The lowest BCUT2D eigenvalue weighted by molar-refractivity contribution is -0.147. The lowest BCUT2D eigenvalue weighted by Crippen LogP contribution is -2.34. The van der Waals surface area contributed by atoms with Crippen molar-refractivity contribution in [3.05, 3.63) is 47.6 Å². The highest BCUT2D eigenvalue weighted by atomic mass is 16.6. The van der Waals surface area contributed by atoms with Crippen LogP contribution in [0, 0.1) is 5.92 Å². The predicted octanol–water partition coefficient (Wildman–Crippen LogP) is 1.59. The van der Waals surface area contributed by atoms with E-state index < -0.39 is 36.7 Å². The predicted molar refractivity (Wildman–Crippen MR) is 91.4 cm³/mol. The Morgan fingerprint density at radius 1 is 1.44 bits per heavy atom. The molecule has 1 saturated heterocycles. The van der Waals surface area contributed by atoms with Crippen molar-refractivity contribution in [3.63, 3.8) is 0 Å². The van der Waals surface area contributed by atoms with Gasteiger partial charge in [-0.1, -0.05) is 24.8 Å². The molecule has 6 heteroatoms. The molecule has 3 atom stereocenters. The van der Waals surface area contributed by atoms with E-state index in [9.17, 15) is 14.7 Å². The van der Waals surface area contributed by atoms with Gasteiger partial charge in [-0.15, -0.1) is 0 Å². The first kappa shape index (κ1) is 19.1. The number of hydrogen-bond acceptors (Lipinski definition) is 6. The molecule has 2 N–H and O–H groups in total. The van der Waals surface area contributed by atoms with Crippen LogP contribution in [0.3, 0.4) is 0 Å². The fraction of sp³-hybridized carbons (Fsp3) is 0.474. The van der Waals surface area contributed by atoms with E-state index in [4.69, 9.17) is 14.6 Å². The van der Waals surface area contributed by atoms with Crippen LogP contribution in [-0.2, 0) is 19.1 Å². The molecule has 25 heavy (non-hydrogen) atoms. The van der Waals surface area contributed by atoms with E-state index in [1.165, 1.54) is 0 Å². The fourth-order valence-electron chi connectivity index (χ4n) is 3.06. The SMILES string of the molecule is C=C(CO)C(=O)O[C@H]1C/C(C)=C\CC/C(CO)=C\[C@H]2OC(=O)C(=C)[C@H]12. The summed E-state index contributed by atoms with van der Waals surface area (Å²) in [7, 11) is 0. The van der Waals surface area contributed by atoms with Gasteiger partial charge in [-0.25, -0.2) is 9.59 Å². The van der Waals surface area contributed by atoms with E-state index in [0.717, 1.165) is 17.6 Å². The van der Waals surface area contributed by atoms with Crippen LogP contribution in [0.15, 0.2) is 47.6 Å². The summed E-state index contributed by atoms with van der Waals surface area (Å²) in [4.78, 5) is 24.1. The highest BCUT2D eigenvalue weighted by Gasteiger charge is 2.44. The number of esters is 2. The maximum atomic E-state index is 12.1. The molecular weight excluding hydrogens is 324 g/mol. The molecule has 136 valence electrons. The molecule has 1 aliphatic carbocycles. The van der Waals surface area contributed by atoms with Gasteiger partial charge in [0.25, 0.3) is 0 Å². The third kappa shape index (κ3) is 4.46. The molecule has 0 saturated carbocycles. The van der Waals surface area contributed by atoms with Crippen molar-refractivity contribution < 1.29 is 29.3 Å². The minimum absolute atomic E-state index is 0.0577. The monoisotopic (exact) mass is 348 g/mol. The number of ether oxygens (including phenoxy) is 2. The molecule has 2 aliphatic rings. The minimum atomic E-state index is -0.713. The van der Waals surface area contributed by atoms with E-state index in [-0.39, 0.29) is 17.8 Å². The smallest absolute Gasteiger partial charge is 0.336 e. The van der Waals surface area contributed by atoms with Gasteiger partial charge >= 0.3 is 11.9 Å². The quantitative estimate of drug-likeness (QED) is 0.455. The summed E-state index contributed by atoms with van der Waals surface area (Å²) in [6.07, 6.45) is 4.23. The van der Waals surface area contributed by atoms with Gasteiger partial charge in [0.05, 0.1) is 24.7 Å². The van der Waals surface area contributed by atoms with Crippen LogP contribution in [0.25, 0.3) is 0 Å². The second-order valence-corrected chi connectivity index (χ2v) is 6.40. The molecule has 0 amide bonds. The van der Waals surface area contributed by atoms with Crippen molar-refractivity contribution >= 4 is 11.9 Å².